The fourth-order valence-electron chi connectivity index (χ4n) is 3.88. The highest BCUT2D eigenvalue weighted by atomic mass is 32.2. The number of aromatic nitrogens is 3. The summed E-state index contributed by atoms with van der Waals surface area (Å²) in [6.07, 6.45) is 3.86. The van der Waals surface area contributed by atoms with Gasteiger partial charge in [-0.15, -0.1) is 0 Å². The molecule has 4 rings (SSSR count). The molecule has 1 unspecified atom stereocenters. The van der Waals surface area contributed by atoms with Gasteiger partial charge in [0, 0.05) is 17.8 Å². The van der Waals surface area contributed by atoms with Crippen LogP contribution in [0, 0.1) is 6.92 Å². The highest BCUT2D eigenvalue weighted by Gasteiger charge is 2.45. The molecule has 2 aromatic heterocycles. The van der Waals surface area contributed by atoms with Crippen LogP contribution in [0.3, 0.4) is 0 Å². The molecule has 31 heavy (non-hydrogen) atoms. The Morgan fingerprint density at radius 2 is 2.03 bits per heavy atom. The first-order valence-corrected chi connectivity index (χ1v) is 11.6. The van der Waals surface area contributed by atoms with Gasteiger partial charge < -0.3 is 9.52 Å². The van der Waals surface area contributed by atoms with Crippen LogP contribution >= 0.6 is 11.8 Å². The monoisotopic (exact) mass is 438 g/mol. The van der Waals surface area contributed by atoms with Crippen LogP contribution in [0.1, 0.15) is 57.2 Å². The van der Waals surface area contributed by atoms with Crippen molar-refractivity contribution in [3.05, 3.63) is 47.9 Å². The first-order valence-electron chi connectivity index (χ1n) is 10.6. The molecule has 0 radical (unpaired) electrons. The second-order valence-corrected chi connectivity index (χ2v) is 8.69. The van der Waals surface area contributed by atoms with E-state index in [-0.39, 0.29) is 11.8 Å². The van der Waals surface area contributed by atoms with Crippen LogP contribution in [0.4, 0.5) is 5.69 Å². The number of anilines is 1. The predicted octanol–water partition coefficient (Wildman–Crippen LogP) is 3.99. The molecule has 1 aliphatic rings. The van der Waals surface area contributed by atoms with Gasteiger partial charge in [-0.3, -0.25) is 4.79 Å². The van der Waals surface area contributed by atoms with Gasteiger partial charge in [-0.1, -0.05) is 50.1 Å². The maximum atomic E-state index is 13.1. The van der Waals surface area contributed by atoms with E-state index in [9.17, 15) is 9.90 Å². The molecule has 0 bridgehead atoms. The molecule has 1 amide bonds. The number of rotatable bonds is 7. The van der Waals surface area contributed by atoms with Crippen molar-refractivity contribution >= 4 is 23.4 Å². The third-order valence-corrected chi connectivity index (χ3v) is 6.22. The number of hydrogen-bond donors (Lipinski definition) is 0. The van der Waals surface area contributed by atoms with Crippen LogP contribution in [-0.4, -0.2) is 21.7 Å². The third kappa shape index (κ3) is 4.17. The lowest BCUT2D eigenvalue weighted by Gasteiger charge is -2.31. The number of carbonyl (C=O) groups excluding carboxylic acids is 1. The summed E-state index contributed by atoms with van der Waals surface area (Å²) in [5, 5.41) is 18.2. The second-order valence-electron chi connectivity index (χ2n) is 7.63. The Hall–Kier alpha value is -2.87. The molecule has 3 aromatic rings. The van der Waals surface area contributed by atoms with E-state index in [2.05, 4.69) is 11.9 Å². The minimum Gasteiger partial charge on any atom is -0.854 e. The molecular formula is C23H26N4O3S. The highest BCUT2D eigenvalue weighted by Crippen LogP contribution is 2.41. The van der Waals surface area contributed by atoms with Crippen molar-refractivity contribution in [1.82, 2.24) is 10.1 Å². The molecule has 0 fully saturated rings. The Bertz CT molecular complexity index is 1100. The lowest BCUT2D eigenvalue weighted by atomic mass is 10.0. The van der Waals surface area contributed by atoms with Gasteiger partial charge in [-0.25, -0.2) is 9.88 Å². The average molecular weight is 439 g/mol. The van der Waals surface area contributed by atoms with Crippen molar-refractivity contribution in [2.24, 2.45) is 0 Å². The summed E-state index contributed by atoms with van der Waals surface area (Å²) in [4.78, 5) is 18.6. The Labute approximate surface area is 186 Å². The number of furan rings is 1. The van der Waals surface area contributed by atoms with E-state index in [1.807, 2.05) is 43.3 Å². The second kappa shape index (κ2) is 9.09. The zero-order chi connectivity index (χ0) is 22.0. The van der Waals surface area contributed by atoms with Crippen molar-refractivity contribution < 1.29 is 19.0 Å². The number of hydrogen-bond acceptors (Lipinski definition) is 6. The van der Waals surface area contributed by atoms with Gasteiger partial charge >= 0.3 is 6.17 Å². The molecule has 0 aliphatic carbocycles. The van der Waals surface area contributed by atoms with Crippen molar-refractivity contribution in [3.8, 4) is 17.1 Å². The van der Waals surface area contributed by atoms with E-state index in [0.29, 0.717) is 27.9 Å². The Morgan fingerprint density at radius 3 is 2.74 bits per heavy atom. The summed E-state index contributed by atoms with van der Waals surface area (Å²) in [7, 11) is 0. The van der Waals surface area contributed by atoms with Crippen LogP contribution in [0.5, 0.6) is 5.88 Å². The summed E-state index contributed by atoms with van der Waals surface area (Å²) in [5.41, 5.74) is 1.65. The molecule has 1 aliphatic heterocycles. The van der Waals surface area contributed by atoms with E-state index >= 15 is 0 Å². The lowest BCUT2D eigenvalue weighted by molar-refractivity contribution is -0.765. The molecule has 162 valence electrons. The Morgan fingerprint density at radius 1 is 1.23 bits per heavy atom. The Kier molecular flexibility index (Phi) is 6.27. The summed E-state index contributed by atoms with van der Waals surface area (Å²) in [6, 6.07) is 11.0. The van der Waals surface area contributed by atoms with Crippen molar-refractivity contribution in [2.75, 3.05) is 10.7 Å². The summed E-state index contributed by atoms with van der Waals surface area (Å²) >= 11 is 1.47. The quantitative estimate of drug-likeness (QED) is 0.315. The van der Waals surface area contributed by atoms with Crippen LogP contribution in [0.2, 0.25) is 0 Å². The molecule has 0 N–H and O–H groups in total. The number of carbonyl (C=O) groups is 1. The summed E-state index contributed by atoms with van der Waals surface area (Å²) in [5.74, 6) is 1.60. The van der Waals surface area contributed by atoms with Crippen molar-refractivity contribution in [3.63, 3.8) is 0 Å². The minimum absolute atomic E-state index is 0.163. The number of nitrogens with zero attached hydrogens (tertiary/aromatic N) is 4. The molecule has 0 saturated carbocycles. The SMILES string of the molecule is CCCCCCSc1nc([O-])c2[n+](n1)C(c1ccc(C)o1)N(C(C)=O)c1ccccc1-2. The lowest BCUT2D eigenvalue weighted by Crippen LogP contribution is -2.58. The number of aryl methyl sites for hydroxylation is 1. The average Bonchev–Trinajstić information content (AvgIpc) is 3.18. The number of thioether (sulfide) groups is 1. The molecule has 7 nitrogen and oxygen atoms in total. The van der Waals surface area contributed by atoms with Gasteiger partial charge in [0.05, 0.1) is 17.1 Å². The van der Waals surface area contributed by atoms with Crippen molar-refractivity contribution in [2.45, 2.75) is 57.8 Å². The smallest absolute Gasteiger partial charge is 0.325 e. The van der Waals surface area contributed by atoms with Gasteiger partial charge in [0.2, 0.25) is 5.91 Å². The normalized spacial score (nSPS) is 14.9. The van der Waals surface area contributed by atoms with Gasteiger partial charge in [-0.2, -0.15) is 0 Å². The van der Waals surface area contributed by atoms with E-state index < -0.39 is 6.17 Å². The fraction of sp³-hybridized carbons (Fsp3) is 0.391. The predicted molar refractivity (Wildman–Crippen MR) is 117 cm³/mol. The first kappa shape index (κ1) is 21.4. The molecule has 8 heteroatoms. The first-order chi connectivity index (χ1) is 15.0. The standard InChI is InChI=1S/C23H26N4O3S/c1-4-5-6-9-14-31-23-24-21(29)20-17-10-7-8-11-18(17)26(16(3)28)22(27(20)25-23)19-13-12-15(2)30-19/h7-8,10-13,22H,4-6,9,14H2,1-3H3. The van der Waals surface area contributed by atoms with Crippen LogP contribution in [0.15, 0.2) is 46.0 Å². The van der Waals surface area contributed by atoms with Crippen molar-refractivity contribution in [1.29, 1.82) is 0 Å². The molecule has 1 atom stereocenters. The third-order valence-electron chi connectivity index (χ3n) is 5.30. The van der Waals surface area contributed by atoms with E-state index in [1.165, 1.54) is 31.5 Å². The minimum atomic E-state index is -0.689. The number of amides is 1. The number of benzene rings is 1. The molecule has 0 spiro atoms. The van der Waals surface area contributed by atoms with Gasteiger partial charge in [0.25, 0.3) is 10.9 Å². The van der Waals surface area contributed by atoms with E-state index in [0.717, 1.165) is 24.4 Å². The van der Waals surface area contributed by atoms with Crippen LogP contribution < -0.4 is 14.7 Å². The van der Waals surface area contributed by atoms with Gasteiger partial charge in [0.15, 0.2) is 5.76 Å². The van der Waals surface area contributed by atoms with Gasteiger partial charge in [-0.05, 0) is 42.3 Å². The maximum absolute atomic E-state index is 13.1. The zero-order valence-electron chi connectivity index (χ0n) is 18.0. The van der Waals surface area contributed by atoms with Gasteiger partial charge in [0.1, 0.15) is 5.76 Å². The summed E-state index contributed by atoms with van der Waals surface area (Å²) in [6.45, 7) is 5.53. The zero-order valence-corrected chi connectivity index (χ0v) is 18.8. The van der Waals surface area contributed by atoms with Crippen LogP contribution in [-0.2, 0) is 4.79 Å². The molecule has 3 heterocycles. The molecule has 1 aromatic carbocycles. The molecule has 0 saturated heterocycles. The van der Waals surface area contributed by atoms with E-state index in [4.69, 9.17) is 9.52 Å². The van der Waals surface area contributed by atoms with Crippen LogP contribution in [0.25, 0.3) is 11.3 Å². The highest BCUT2D eigenvalue weighted by molar-refractivity contribution is 7.99. The van der Waals surface area contributed by atoms with E-state index in [1.54, 1.807) is 9.58 Å². The number of unbranched alkanes of at least 4 members (excludes halogenated alkanes) is 3. The molecular weight excluding hydrogens is 412 g/mol. The largest absolute Gasteiger partial charge is 0.854 e. The Balaban J connectivity index is 1.82. The fourth-order valence-corrected chi connectivity index (χ4v) is 4.70. The number of fused-ring (bicyclic) bond motifs is 3. The topological polar surface area (TPSA) is 86.2 Å². The maximum Gasteiger partial charge on any atom is 0.325 e. The summed E-state index contributed by atoms with van der Waals surface area (Å²) < 4.78 is 7.50. The number of para-hydroxylation sites is 1.